The summed E-state index contributed by atoms with van der Waals surface area (Å²) in [7, 11) is 0. The predicted molar refractivity (Wildman–Crippen MR) is 202 cm³/mol. The van der Waals surface area contributed by atoms with E-state index in [0.717, 1.165) is 44.4 Å². The molecule has 0 saturated heterocycles. The third-order valence-electron chi connectivity index (χ3n) is 9.24. The summed E-state index contributed by atoms with van der Waals surface area (Å²) in [6.45, 7) is 0. The molecule has 0 spiro atoms. The van der Waals surface area contributed by atoms with E-state index >= 15 is 0 Å². The zero-order valence-corrected chi connectivity index (χ0v) is 26.3. The molecule has 0 amide bonds. The van der Waals surface area contributed by atoms with Crippen LogP contribution < -0.4 is 4.90 Å². The van der Waals surface area contributed by atoms with Gasteiger partial charge in [0, 0.05) is 27.8 Å². The van der Waals surface area contributed by atoms with Crippen molar-refractivity contribution in [2.24, 2.45) is 0 Å². The van der Waals surface area contributed by atoms with Crippen LogP contribution in [0.15, 0.2) is 192 Å². The number of hydrogen-bond acceptors (Lipinski definition) is 2. The quantitative estimate of drug-likeness (QED) is 0.185. The summed E-state index contributed by atoms with van der Waals surface area (Å²) in [5, 5.41) is 4.60. The van der Waals surface area contributed by atoms with E-state index in [2.05, 4.69) is 181 Å². The van der Waals surface area contributed by atoms with E-state index in [0.29, 0.717) is 0 Å². The van der Waals surface area contributed by atoms with Gasteiger partial charge in [-0.2, -0.15) is 0 Å². The maximum Gasteiger partial charge on any atom is 0.136 e. The lowest BCUT2D eigenvalue weighted by Gasteiger charge is -2.26. The number of benzene rings is 8. The second-order valence-electron chi connectivity index (χ2n) is 12.2. The second-order valence-corrected chi connectivity index (χ2v) is 12.2. The predicted octanol–water partition coefficient (Wildman–Crippen LogP) is 13.2. The summed E-state index contributed by atoms with van der Waals surface area (Å²) in [4.78, 5) is 2.35. The average Bonchev–Trinajstić information content (AvgIpc) is 3.52. The number of para-hydroxylation sites is 1. The van der Waals surface area contributed by atoms with Gasteiger partial charge in [-0.25, -0.2) is 0 Å². The highest BCUT2D eigenvalue weighted by molar-refractivity contribution is 6.10. The van der Waals surface area contributed by atoms with Crippen molar-refractivity contribution >= 4 is 49.8 Å². The summed E-state index contributed by atoms with van der Waals surface area (Å²) < 4.78 is 6.20. The van der Waals surface area contributed by atoms with E-state index in [1.807, 2.05) is 12.1 Å². The third kappa shape index (κ3) is 5.10. The first-order valence-corrected chi connectivity index (χ1v) is 16.3. The van der Waals surface area contributed by atoms with Crippen molar-refractivity contribution in [3.8, 4) is 33.4 Å². The summed E-state index contributed by atoms with van der Waals surface area (Å²) >= 11 is 0. The van der Waals surface area contributed by atoms with E-state index in [9.17, 15) is 0 Å². The van der Waals surface area contributed by atoms with Crippen LogP contribution in [-0.4, -0.2) is 0 Å². The van der Waals surface area contributed by atoms with E-state index in [4.69, 9.17) is 4.42 Å². The van der Waals surface area contributed by atoms with Crippen molar-refractivity contribution in [2.45, 2.75) is 0 Å². The van der Waals surface area contributed by atoms with E-state index in [-0.39, 0.29) is 0 Å². The molecule has 0 N–H and O–H groups in total. The third-order valence-corrected chi connectivity index (χ3v) is 9.24. The normalized spacial score (nSPS) is 11.3. The molecule has 0 saturated carbocycles. The lowest BCUT2D eigenvalue weighted by molar-refractivity contribution is 0.669. The number of rotatable bonds is 6. The number of fused-ring (bicyclic) bond motifs is 4. The first-order valence-electron chi connectivity index (χ1n) is 16.3. The second kappa shape index (κ2) is 11.8. The topological polar surface area (TPSA) is 16.4 Å². The van der Waals surface area contributed by atoms with Gasteiger partial charge in [0.25, 0.3) is 0 Å². The van der Waals surface area contributed by atoms with Crippen LogP contribution in [0.25, 0.3) is 66.1 Å². The molecule has 2 heteroatoms. The van der Waals surface area contributed by atoms with Crippen molar-refractivity contribution in [1.29, 1.82) is 0 Å². The number of furan rings is 1. The minimum absolute atomic E-state index is 0.913. The van der Waals surface area contributed by atoms with Gasteiger partial charge in [0.15, 0.2) is 0 Å². The fraction of sp³-hybridized carbons (Fsp3) is 0. The maximum absolute atomic E-state index is 6.20. The standard InChI is InChI=1S/C46H31NO/c1-3-10-32(11-4-1)34-18-20-35(21-19-34)36-22-25-40(26-23-36)47(41-15-9-14-37(28-41)33-12-5-2-6-13-33)42-27-24-38-31-46-44(30-39(38)29-42)43-16-7-8-17-45(43)48-46/h1-31H. The summed E-state index contributed by atoms with van der Waals surface area (Å²) in [6.07, 6.45) is 0. The van der Waals surface area contributed by atoms with Crippen LogP contribution in [0, 0.1) is 0 Å². The Morgan fingerprint density at radius 1 is 0.292 bits per heavy atom. The highest BCUT2D eigenvalue weighted by atomic mass is 16.3. The Morgan fingerprint density at radius 3 is 1.54 bits per heavy atom. The molecule has 0 atom stereocenters. The smallest absolute Gasteiger partial charge is 0.136 e. The fourth-order valence-corrected chi connectivity index (χ4v) is 6.79. The minimum Gasteiger partial charge on any atom is -0.456 e. The zero-order valence-electron chi connectivity index (χ0n) is 26.3. The highest BCUT2D eigenvalue weighted by Crippen LogP contribution is 2.40. The van der Waals surface area contributed by atoms with Gasteiger partial charge in [0.05, 0.1) is 0 Å². The molecule has 2 nitrogen and oxygen atoms in total. The first kappa shape index (κ1) is 27.9. The molecule has 0 radical (unpaired) electrons. The van der Waals surface area contributed by atoms with Gasteiger partial charge in [-0.15, -0.1) is 0 Å². The molecule has 9 rings (SSSR count). The molecule has 48 heavy (non-hydrogen) atoms. The molecule has 0 aliphatic rings. The summed E-state index contributed by atoms with van der Waals surface area (Å²) in [5.41, 5.74) is 12.3. The fourth-order valence-electron chi connectivity index (χ4n) is 6.79. The summed E-state index contributed by atoms with van der Waals surface area (Å²) in [6, 6.07) is 67.0. The number of nitrogens with zero attached hydrogens (tertiary/aromatic N) is 1. The SMILES string of the molecule is c1ccc(-c2ccc(-c3ccc(N(c4cccc(-c5ccccc5)c4)c4ccc5cc6oc7ccccc7c6cc5c4)cc3)cc2)cc1. The van der Waals surface area contributed by atoms with Crippen LogP contribution >= 0.6 is 0 Å². The van der Waals surface area contributed by atoms with Gasteiger partial charge >= 0.3 is 0 Å². The van der Waals surface area contributed by atoms with E-state index < -0.39 is 0 Å². The van der Waals surface area contributed by atoms with Crippen LogP contribution in [0.1, 0.15) is 0 Å². The largest absolute Gasteiger partial charge is 0.456 e. The molecular formula is C46H31NO. The van der Waals surface area contributed by atoms with Crippen LogP contribution in [0.5, 0.6) is 0 Å². The molecule has 1 aromatic heterocycles. The van der Waals surface area contributed by atoms with Gasteiger partial charge in [-0.05, 0) is 98.8 Å². The first-order chi connectivity index (χ1) is 23.8. The lowest BCUT2D eigenvalue weighted by atomic mass is 10.00. The molecule has 0 aliphatic carbocycles. The average molecular weight is 614 g/mol. The van der Waals surface area contributed by atoms with E-state index in [1.54, 1.807) is 0 Å². The molecule has 0 bridgehead atoms. The Balaban J connectivity index is 1.14. The van der Waals surface area contributed by atoms with Crippen molar-refractivity contribution in [2.75, 3.05) is 4.90 Å². The molecular weight excluding hydrogens is 583 g/mol. The Morgan fingerprint density at radius 2 is 0.833 bits per heavy atom. The Hall–Kier alpha value is -6.38. The lowest BCUT2D eigenvalue weighted by Crippen LogP contribution is -2.10. The van der Waals surface area contributed by atoms with Crippen LogP contribution in [0.2, 0.25) is 0 Å². The Kier molecular flexibility index (Phi) is 6.84. The molecule has 8 aromatic carbocycles. The van der Waals surface area contributed by atoms with Crippen LogP contribution in [0.4, 0.5) is 17.1 Å². The molecule has 0 aliphatic heterocycles. The van der Waals surface area contributed by atoms with Crippen molar-refractivity contribution in [1.82, 2.24) is 0 Å². The van der Waals surface area contributed by atoms with Crippen LogP contribution in [-0.2, 0) is 0 Å². The molecule has 9 aromatic rings. The monoisotopic (exact) mass is 613 g/mol. The number of anilines is 3. The molecule has 226 valence electrons. The molecule has 0 fully saturated rings. The molecule has 0 unspecified atom stereocenters. The number of hydrogen-bond donors (Lipinski definition) is 0. The minimum atomic E-state index is 0.913. The van der Waals surface area contributed by atoms with Crippen molar-refractivity contribution in [3.63, 3.8) is 0 Å². The Labute approximate surface area is 279 Å². The van der Waals surface area contributed by atoms with Crippen LogP contribution in [0.3, 0.4) is 0 Å². The van der Waals surface area contributed by atoms with Crippen molar-refractivity contribution in [3.05, 3.63) is 188 Å². The van der Waals surface area contributed by atoms with E-state index in [1.165, 1.54) is 38.8 Å². The van der Waals surface area contributed by atoms with Gasteiger partial charge in [-0.3, -0.25) is 0 Å². The Bertz CT molecular complexity index is 2530. The van der Waals surface area contributed by atoms with Gasteiger partial charge < -0.3 is 9.32 Å². The summed E-state index contributed by atoms with van der Waals surface area (Å²) in [5.74, 6) is 0. The molecule has 1 heterocycles. The van der Waals surface area contributed by atoms with Crippen molar-refractivity contribution < 1.29 is 4.42 Å². The van der Waals surface area contributed by atoms with Gasteiger partial charge in [-0.1, -0.05) is 133 Å². The van der Waals surface area contributed by atoms with Gasteiger partial charge in [0.2, 0.25) is 0 Å². The van der Waals surface area contributed by atoms with Gasteiger partial charge in [0.1, 0.15) is 11.2 Å². The maximum atomic E-state index is 6.20. The highest BCUT2D eigenvalue weighted by Gasteiger charge is 2.16. The zero-order chi connectivity index (χ0) is 31.9.